The van der Waals surface area contributed by atoms with Crippen molar-refractivity contribution in [3.05, 3.63) is 70.0 Å². The molecule has 1 nitrogen and oxygen atoms in total. The molecule has 104 valence electrons. The minimum absolute atomic E-state index is 0.0181. The van der Waals surface area contributed by atoms with Crippen molar-refractivity contribution in [2.75, 3.05) is 0 Å². The van der Waals surface area contributed by atoms with Crippen molar-refractivity contribution >= 4 is 17.4 Å². The van der Waals surface area contributed by atoms with Crippen LogP contribution in [0, 0.1) is 5.82 Å². The Hall–Kier alpha value is -1.67. The van der Waals surface area contributed by atoms with Crippen molar-refractivity contribution in [2.24, 2.45) is 0 Å². The smallest absolute Gasteiger partial charge is 0.145 e. The topological polar surface area (TPSA) is 17.1 Å². The Morgan fingerprint density at radius 3 is 2.35 bits per heavy atom. The summed E-state index contributed by atoms with van der Waals surface area (Å²) < 4.78 is 13.7. The quantitative estimate of drug-likeness (QED) is 0.798. The average Bonchev–Trinajstić information content (AvgIpc) is 2.45. The zero-order valence-corrected chi connectivity index (χ0v) is 12.1. The molecule has 20 heavy (non-hydrogen) atoms. The molecule has 2 rings (SSSR count). The molecule has 0 atom stereocenters. The van der Waals surface area contributed by atoms with Crippen LogP contribution in [-0.2, 0) is 24.1 Å². The fourth-order valence-corrected chi connectivity index (χ4v) is 2.27. The van der Waals surface area contributed by atoms with Gasteiger partial charge in [0, 0.05) is 12.8 Å². The van der Waals surface area contributed by atoms with E-state index in [1.54, 1.807) is 12.1 Å². The van der Waals surface area contributed by atoms with Crippen molar-refractivity contribution in [3.8, 4) is 0 Å². The number of rotatable bonds is 5. The lowest BCUT2D eigenvalue weighted by Gasteiger charge is -2.05. The molecule has 0 aliphatic rings. The van der Waals surface area contributed by atoms with Gasteiger partial charge >= 0.3 is 0 Å². The summed E-state index contributed by atoms with van der Waals surface area (Å²) in [7, 11) is 0. The molecule has 0 aliphatic heterocycles. The zero-order valence-electron chi connectivity index (χ0n) is 11.3. The number of benzene rings is 2. The van der Waals surface area contributed by atoms with E-state index >= 15 is 0 Å². The first-order valence-corrected chi connectivity index (χ1v) is 7.00. The lowest BCUT2D eigenvalue weighted by Crippen LogP contribution is -2.08. The maximum atomic E-state index is 13.7. The molecule has 0 amide bonds. The fourth-order valence-electron chi connectivity index (χ4n) is 2.08. The summed E-state index contributed by atoms with van der Waals surface area (Å²) in [6.07, 6.45) is 1.36. The Morgan fingerprint density at radius 1 is 1.05 bits per heavy atom. The minimum atomic E-state index is -0.496. The van der Waals surface area contributed by atoms with Crippen LogP contribution in [0.3, 0.4) is 0 Å². The molecule has 0 N–H and O–H groups in total. The van der Waals surface area contributed by atoms with Gasteiger partial charge in [-0.3, -0.25) is 4.79 Å². The highest BCUT2D eigenvalue weighted by Crippen LogP contribution is 2.19. The van der Waals surface area contributed by atoms with E-state index in [9.17, 15) is 9.18 Å². The van der Waals surface area contributed by atoms with Crippen LogP contribution in [0.4, 0.5) is 4.39 Å². The van der Waals surface area contributed by atoms with E-state index in [-0.39, 0.29) is 17.2 Å². The molecule has 2 aromatic carbocycles. The number of ketones is 1. The Balaban J connectivity index is 2.03. The van der Waals surface area contributed by atoms with Gasteiger partial charge in [-0.1, -0.05) is 54.9 Å². The van der Waals surface area contributed by atoms with E-state index in [2.05, 4.69) is 6.92 Å². The van der Waals surface area contributed by atoms with Crippen LogP contribution < -0.4 is 0 Å². The fraction of sp³-hybridized carbons (Fsp3) is 0.235. The summed E-state index contributed by atoms with van der Waals surface area (Å²) in [6.45, 7) is 2.09. The molecular weight excluding hydrogens is 275 g/mol. The molecule has 0 unspecified atom stereocenters. The van der Waals surface area contributed by atoms with Crippen LogP contribution in [0.15, 0.2) is 42.5 Å². The number of carbonyl (C=O) groups is 1. The Labute approximate surface area is 123 Å². The molecule has 0 aromatic heterocycles. The number of carbonyl (C=O) groups excluding carboxylic acids is 1. The molecule has 0 radical (unpaired) electrons. The van der Waals surface area contributed by atoms with Gasteiger partial charge in [-0.15, -0.1) is 0 Å². The number of hydrogen-bond donors (Lipinski definition) is 0. The van der Waals surface area contributed by atoms with Crippen molar-refractivity contribution in [2.45, 2.75) is 26.2 Å². The van der Waals surface area contributed by atoms with Crippen molar-refractivity contribution in [1.82, 2.24) is 0 Å². The first-order valence-electron chi connectivity index (χ1n) is 6.62. The monoisotopic (exact) mass is 290 g/mol. The summed E-state index contributed by atoms with van der Waals surface area (Å²) >= 11 is 5.70. The van der Waals surface area contributed by atoms with Gasteiger partial charge in [-0.2, -0.15) is 0 Å². The van der Waals surface area contributed by atoms with E-state index in [1.165, 1.54) is 11.6 Å². The second kappa shape index (κ2) is 6.67. The summed E-state index contributed by atoms with van der Waals surface area (Å²) in [6, 6.07) is 12.7. The van der Waals surface area contributed by atoms with E-state index in [0.29, 0.717) is 12.0 Å². The SMILES string of the molecule is CCc1ccc(CC(=O)Cc2cccc(Cl)c2F)cc1. The Bertz CT molecular complexity index is 605. The second-order valence-corrected chi connectivity index (χ2v) is 5.18. The van der Waals surface area contributed by atoms with E-state index in [4.69, 9.17) is 11.6 Å². The molecule has 0 fully saturated rings. The summed E-state index contributed by atoms with van der Waals surface area (Å²) in [5.74, 6) is -0.515. The van der Waals surface area contributed by atoms with E-state index in [1.807, 2.05) is 24.3 Å². The molecular formula is C17H16ClFO. The molecule has 3 heteroatoms. The first kappa shape index (κ1) is 14.7. The highest BCUT2D eigenvalue weighted by atomic mass is 35.5. The van der Waals surface area contributed by atoms with Gasteiger partial charge in [0.2, 0.25) is 0 Å². The predicted octanol–water partition coefficient (Wildman–Crippen LogP) is 4.40. The lowest BCUT2D eigenvalue weighted by molar-refractivity contribution is -0.117. The van der Waals surface area contributed by atoms with Gasteiger partial charge in [0.05, 0.1) is 5.02 Å². The zero-order chi connectivity index (χ0) is 14.5. The lowest BCUT2D eigenvalue weighted by atomic mass is 10.0. The molecule has 0 saturated carbocycles. The highest BCUT2D eigenvalue weighted by Gasteiger charge is 2.11. The van der Waals surface area contributed by atoms with Gasteiger partial charge in [0.25, 0.3) is 0 Å². The summed E-state index contributed by atoms with van der Waals surface area (Å²) in [4.78, 5) is 12.0. The van der Waals surface area contributed by atoms with Crippen LogP contribution in [0.2, 0.25) is 5.02 Å². The molecule has 0 spiro atoms. The minimum Gasteiger partial charge on any atom is -0.299 e. The van der Waals surface area contributed by atoms with Gasteiger partial charge in [0.15, 0.2) is 0 Å². The number of halogens is 2. The average molecular weight is 291 g/mol. The second-order valence-electron chi connectivity index (χ2n) is 4.78. The standard InChI is InChI=1S/C17H16ClFO/c1-2-12-6-8-13(9-7-12)10-15(20)11-14-4-3-5-16(18)17(14)19/h3-9H,2,10-11H2,1H3. The number of Topliss-reactive ketones (excluding diaryl/α,β-unsaturated/α-hetero) is 1. The van der Waals surface area contributed by atoms with Crippen LogP contribution in [0.1, 0.15) is 23.6 Å². The molecule has 2 aromatic rings. The van der Waals surface area contributed by atoms with E-state index < -0.39 is 5.82 Å². The van der Waals surface area contributed by atoms with Crippen molar-refractivity contribution < 1.29 is 9.18 Å². The predicted molar refractivity (Wildman–Crippen MR) is 79.6 cm³/mol. The maximum absolute atomic E-state index is 13.7. The third kappa shape index (κ3) is 3.67. The molecule has 0 bridgehead atoms. The number of hydrogen-bond acceptors (Lipinski definition) is 1. The van der Waals surface area contributed by atoms with Crippen LogP contribution in [0.25, 0.3) is 0 Å². The highest BCUT2D eigenvalue weighted by molar-refractivity contribution is 6.30. The van der Waals surface area contributed by atoms with Gasteiger partial charge < -0.3 is 0 Å². The van der Waals surface area contributed by atoms with Gasteiger partial charge in [0.1, 0.15) is 11.6 Å². The number of aryl methyl sites for hydroxylation is 1. The van der Waals surface area contributed by atoms with Crippen LogP contribution in [-0.4, -0.2) is 5.78 Å². The van der Waals surface area contributed by atoms with Crippen molar-refractivity contribution in [3.63, 3.8) is 0 Å². The third-order valence-electron chi connectivity index (χ3n) is 3.25. The normalized spacial score (nSPS) is 10.6. The molecule has 0 aliphatic carbocycles. The Kier molecular flexibility index (Phi) is 4.91. The van der Waals surface area contributed by atoms with Gasteiger partial charge in [-0.05, 0) is 29.2 Å². The molecule has 0 heterocycles. The summed E-state index contributed by atoms with van der Waals surface area (Å²) in [5, 5.41) is 0.0580. The largest absolute Gasteiger partial charge is 0.299 e. The third-order valence-corrected chi connectivity index (χ3v) is 3.54. The Morgan fingerprint density at radius 2 is 1.70 bits per heavy atom. The van der Waals surface area contributed by atoms with E-state index in [0.717, 1.165) is 12.0 Å². The molecule has 0 saturated heterocycles. The van der Waals surface area contributed by atoms with Crippen LogP contribution in [0.5, 0.6) is 0 Å². The van der Waals surface area contributed by atoms with Crippen LogP contribution >= 0.6 is 11.6 Å². The van der Waals surface area contributed by atoms with Crippen molar-refractivity contribution in [1.29, 1.82) is 0 Å². The maximum Gasteiger partial charge on any atom is 0.145 e. The van der Waals surface area contributed by atoms with Gasteiger partial charge in [-0.25, -0.2) is 4.39 Å². The summed E-state index contributed by atoms with van der Waals surface area (Å²) in [5.41, 5.74) is 2.55. The first-order chi connectivity index (χ1) is 9.60.